The highest BCUT2D eigenvalue weighted by Crippen LogP contribution is 2.10. The number of urea groups is 1. The second kappa shape index (κ2) is 6.09. The zero-order chi connectivity index (χ0) is 12.0. The maximum Gasteiger partial charge on any atom is 0.314 e. The quantitative estimate of drug-likeness (QED) is 0.681. The van der Waals surface area contributed by atoms with Gasteiger partial charge in [-0.15, -0.1) is 0 Å². The summed E-state index contributed by atoms with van der Waals surface area (Å²) in [6.45, 7) is 9.96. The average Bonchev–Trinajstić information content (AvgIpc) is 2.24. The van der Waals surface area contributed by atoms with E-state index in [-0.39, 0.29) is 11.4 Å². The molecule has 0 aliphatic carbocycles. The van der Waals surface area contributed by atoms with Crippen molar-refractivity contribution in [2.45, 2.75) is 33.6 Å². The molecular formula is C12H25N3O. The first-order valence-electron chi connectivity index (χ1n) is 6.20. The molecule has 0 saturated carbocycles. The van der Waals surface area contributed by atoms with Crippen molar-refractivity contribution in [2.75, 3.05) is 26.2 Å². The molecule has 0 bridgehead atoms. The molecule has 4 heteroatoms. The number of rotatable bonds is 3. The summed E-state index contributed by atoms with van der Waals surface area (Å²) in [4.78, 5) is 11.5. The maximum absolute atomic E-state index is 11.5. The molecule has 0 aromatic heterocycles. The lowest BCUT2D eigenvalue weighted by atomic mass is 9.97. The molecule has 1 fully saturated rings. The van der Waals surface area contributed by atoms with E-state index in [9.17, 15) is 4.79 Å². The van der Waals surface area contributed by atoms with E-state index in [0.29, 0.717) is 12.5 Å². The van der Waals surface area contributed by atoms with Gasteiger partial charge in [-0.2, -0.15) is 0 Å². The lowest BCUT2D eigenvalue weighted by Crippen LogP contribution is -2.44. The van der Waals surface area contributed by atoms with Gasteiger partial charge in [0.1, 0.15) is 0 Å². The van der Waals surface area contributed by atoms with Crippen molar-refractivity contribution in [2.24, 2.45) is 11.3 Å². The number of piperidine rings is 1. The average molecular weight is 227 g/mol. The van der Waals surface area contributed by atoms with Crippen LogP contribution in [0, 0.1) is 11.3 Å². The molecule has 2 amide bonds. The fraction of sp³-hybridized carbons (Fsp3) is 0.917. The molecular weight excluding hydrogens is 202 g/mol. The molecule has 1 heterocycles. The van der Waals surface area contributed by atoms with Gasteiger partial charge in [0.15, 0.2) is 0 Å². The summed E-state index contributed by atoms with van der Waals surface area (Å²) in [6.07, 6.45) is 2.43. The summed E-state index contributed by atoms with van der Waals surface area (Å²) in [5.74, 6) is 0.592. The summed E-state index contributed by atoms with van der Waals surface area (Å²) >= 11 is 0. The Morgan fingerprint density at radius 1 is 1.38 bits per heavy atom. The summed E-state index contributed by atoms with van der Waals surface area (Å²) in [7, 11) is 0. The van der Waals surface area contributed by atoms with E-state index < -0.39 is 0 Å². The third kappa shape index (κ3) is 5.95. The molecule has 1 saturated heterocycles. The smallest absolute Gasteiger partial charge is 0.314 e. The summed E-state index contributed by atoms with van der Waals surface area (Å²) in [6, 6.07) is -0.0412. The van der Waals surface area contributed by atoms with Gasteiger partial charge in [0.2, 0.25) is 0 Å². The van der Waals surface area contributed by atoms with Crippen molar-refractivity contribution in [3.05, 3.63) is 0 Å². The highest BCUT2D eigenvalue weighted by molar-refractivity contribution is 5.73. The van der Waals surface area contributed by atoms with Crippen LogP contribution in [0.15, 0.2) is 0 Å². The van der Waals surface area contributed by atoms with Crippen LogP contribution in [-0.4, -0.2) is 32.2 Å². The Balaban J connectivity index is 2.09. The van der Waals surface area contributed by atoms with Crippen LogP contribution >= 0.6 is 0 Å². The molecule has 1 aliphatic rings. The van der Waals surface area contributed by atoms with Gasteiger partial charge in [-0.25, -0.2) is 4.79 Å². The second-order valence-corrected chi connectivity index (χ2v) is 5.84. The standard InChI is InChI=1S/C12H25N3O/c1-12(2,3)9-15-11(16)14-8-10-5-4-6-13-7-10/h10,13H,4-9H2,1-3H3,(H2,14,15,16). The fourth-order valence-electron chi connectivity index (χ4n) is 1.74. The van der Waals surface area contributed by atoms with E-state index in [0.717, 1.165) is 19.6 Å². The van der Waals surface area contributed by atoms with Gasteiger partial charge in [-0.05, 0) is 37.3 Å². The third-order valence-corrected chi connectivity index (χ3v) is 2.73. The van der Waals surface area contributed by atoms with Crippen LogP contribution < -0.4 is 16.0 Å². The largest absolute Gasteiger partial charge is 0.338 e. The summed E-state index contributed by atoms with van der Waals surface area (Å²) < 4.78 is 0. The Labute approximate surface area is 98.6 Å². The van der Waals surface area contributed by atoms with E-state index in [2.05, 4.69) is 36.7 Å². The molecule has 94 valence electrons. The molecule has 1 atom stereocenters. The molecule has 1 aliphatic heterocycles. The second-order valence-electron chi connectivity index (χ2n) is 5.84. The molecule has 1 rings (SSSR count). The molecule has 0 radical (unpaired) electrons. The van der Waals surface area contributed by atoms with Gasteiger partial charge in [-0.1, -0.05) is 20.8 Å². The van der Waals surface area contributed by atoms with E-state index >= 15 is 0 Å². The highest BCUT2D eigenvalue weighted by Gasteiger charge is 2.15. The van der Waals surface area contributed by atoms with Gasteiger partial charge in [0.25, 0.3) is 0 Å². The Morgan fingerprint density at radius 2 is 2.12 bits per heavy atom. The molecule has 4 nitrogen and oxygen atoms in total. The number of carbonyl (C=O) groups excluding carboxylic acids is 1. The van der Waals surface area contributed by atoms with Gasteiger partial charge in [0, 0.05) is 13.1 Å². The fourth-order valence-corrected chi connectivity index (χ4v) is 1.74. The van der Waals surface area contributed by atoms with E-state index in [1.165, 1.54) is 12.8 Å². The number of hydrogen-bond acceptors (Lipinski definition) is 2. The Kier molecular flexibility index (Phi) is 5.06. The Hall–Kier alpha value is -0.770. The van der Waals surface area contributed by atoms with Crippen LogP contribution in [0.5, 0.6) is 0 Å². The predicted molar refractivity (Wildman–Crippen MR) is 66.5 cm³/mol. The van der Waals surface area contributed by atoms with Crippen LogP contribution in [0.4, 0.5) is 4.79 Å². The van der Waals surface area contributed by atoms with Gasteiger partial charge >= 0.3 is 6.03 Å². The zero-order valence-corrected chi connectivity index (χ0v) is 10.7. The number of carbonyl (C=O) groups is 1. The monoisotopic (exact) mass is 227 g/mol. The minimum Gasteiger partial charge on any atom is -0.338 e. The number of amides is 2. The van der Waals surface area contributed by atoms with Crippen molar-refractivity contribution in [1.82, 2.24) is 16.0 Å². The van der Waals surface area contributed by atoms with Crippen molar-refractivity contribution >= 4 is 6.03 Å². The van der Waals surface area contributed by atoms with Crippen molar-refractivity contribution in [1.29, 1.82) is 0 Å². The first kappa shape index (κ1) is 13.3. The topological polar surface area (TPSA) is 53.2 Å². The van der Waals surface area contributed by atoms with Crippen molar-refractivity contribution in [3.63, 3.8) is 0 Å². The summed E-state index contributed by atoms with van der Waals surface area (Å²) in [5.41, 5.74) is 0.143. The first-order valence-corrected chi connectivity index (χ1v) is 6.20. The Morgan fingerprint density at radius 3 is 2.69 bits per heavy atom. The Bertz CT molecular complexity index is 217. The molecule has 1 unspecified atom stereocenters. The normalized spacial score (nSPS) is 21.6. The zero-order valence-electron chi connectivity index (χ0n) is 10.7. The summed E-state index contributed by atoms with van der Waals surface area (Å²) in [5, 5.41) is 9.17. The molecule has 3 N–H and O–H groups in total. The predicted octanol–water partition coefficient (Wildman–Crippen LogP) is 1.33. The molecule has 0 aromatic carbocycles. The number of hydrogen-bond donors (Lipinski definition) is 3. The minimum atomic E-state index is -0.0412. The molecule has 16 heavy (non-hydrogen) atoms. The number of nitrogens with one attached hydrogen (secondary N) is 3. The van der Waals surface area contributed by atoms with E-state index in [1.54, 1.807) is 0 Å². The van der Waals surface area contributed by atoms with Gasteiger partial charge < -0.3 is 16.0 Å². The van der Waals surface area contributed by atoms with Gasteiger partial charge in [-0.3, -0.25) is 0 Å². The maximum atomic E-state index is 11.5. The van der Waals surface area contributed by atoms with Crippen LogP contribution in [0.25, 0.3) is 0 Å². The van der Waals surface area contributed by atoms with Crippen molar-refractivity contribution in [3.8, 4) is 0 Å². The van der Waals surface area contributed by atoms with E-state index in [4.69, 9.17) is 0 Å². The first-order chi connectivity index (χ1) is 7.47. The van der Waals surface area contributed by atoms with Crippen LogP contribution in [0.3, 0.4) is 0 Å². The van der Waals surface area contributed by atoms with Crippen molar-refractivity contribution < 1.29 is 4.79 Å². The van der Waals surface area contributed by atoms with E-state index in [1.807, 2.05) is 0 Å². The lowest BCUT2D eigenvalue weighted by Gasteiger charge is -2.24. The molecule has 0 spiro atoms. The van der Waals surface area contributed by atoms with Crippen LogP contribution in [0.1, 0.15) is 33.6 Å². The highest BCUT2D eigenvalue weighted by atomic mass is 16.2. The SMILES string of the molecule is CC(C)(C)CNC(=O)NCC1CCCNC1. The lowest BCUT2D eigenvalue weighted by molar-refractivity contribution is 0.232. The van der Waals surface area contributed by atoms with Crippen LogP contribution in [0.2, 0.25) is 0 Å². The molecule has 0 aromatic rings. The minimum absolute atomic E-state index is 0.0412. The van der Waals surface area contributed by atoms with Gasteiger partial charge in [0.05, 0.1) is 0 Å². The van der Waals surface area contributed by atoms with Crippen LogP contribution in [-0.2, 0) is 0 Å². The third-order valence-electron chi connectivity index (χ3n) is 2.73.